The lowest BCUT2D eigenvalue weighted by Crippen LogP contribution is -2.02. The van der Waals surface area contributed by atoms with Crippen molar-refractivity contribution in [3.63, 3.8) is 0 Å². The molecule has 0 heterocycles. The van der Waals surface area contributed by atoms with Crippen LogP contribution in [0.5, 0.6) is 5.75 Å². The molecule has 0 atom stereocenters. The maximum atomic E-state index is 10.9. The van der Waals surface area contributed by atoms with Crippen molar-refractivity contribution in [3.05, 3.63) is 70.3 Å². The van der Waals surface area contributed by atoms with Gasteiger partial charge in [0, 0.05) is 18.3 Å². The van der Waals surface area contributed by atoms with Gasteiger partial charge in [0.1, 0.15) is 12.4 Å². The Hall–Kier alpha value is -2.86. The third-order valence-electron chi connectivity index (χ3n) is 3.07. The van der Waals surface area contributed by atoms with Crippen molar-refractivity contribution >= 4 is 17.5 Å². The number of anilines is 1. The Morgan fingerprint density at radius 1 is 1.17 bits per heavy atom. The Kier molecular flexibility index (Phi) is 6.14. The normalized spacial score (nSPS) is 10.7. The fraction of sp³-hybridized carbons (Fsp3) is 0.176. The lowest BCUT2D eigenvalue weighted by atomic mass is 10.1. The molecular weight excluding hydrogens is 296 g/mol. The van der Waals surface area contributed by atoms with Gasteiger partial charge in [-0.25, -0.2) is 0 Å². The van der Waals surface area contributed by atoms with Crippen molar-refractivity contribution < 1.29 is 14.8 Å². The molecule has 2 aromatic carbocycles. The maximum absolute atomic E-state index is 10.9. The van der Waals surface area contributed by atoms with Gasteiger partial charge in [0.25, 0.3) is 5.69 Å². The summed E-state index contributed by atoms with van der Waals surface area (Å²) in [4.78, 5) is 10.5. The number of ether oxygens (including phenoxy) is 1. The highest BCUT2D eigenvalue weighted by Gasteiger charge is 2.08. The van der Waals surface area contributed by atoms with Gasteiger partial charge in [0.05, 0.1) is 17.1 Å². The van der Waals surface area contributed by atoms with Gasteiger partial charge in [-0.05, 0) is 30.3 Å². The fourth-order valence-corrected chi connectivity index (χ4v) is 1.99. The Bertz CT molecular complexity index is 669. The number of nitrogens with one attached hydrogen (secondary N) is 1. The summed E-state index contributed by atoms with van der Waals surface area (Å²) in [5, 5.41) is 22.8. The number of nitro benzene ring substituents is 1. The number of benzene rings is 2. The monoisotopic (exact) mass is 314 g/mol. The van der Waals surface area contributed by atoms with Gasteiger partial charge in [-0.15, -0.1) is 0 Å². The summed E-state index contributed by atoms with van der Waals surface area (Å²) in [5.74, 6) is 0.694. The van der Waals surface area contributed by atoms with Gasteiger partial charge in [-0.3, -0.25) is 10.1 Å². The zero-order valence-corrected chi connectivity index (χ0v) is 12.5. The molecule has 23 heavy (non-hydrogen) atoms. The molecule has 6 nitrogen and oxygen atoms in total. The highest BCUT2D eigenvalue weighted by molar-refractivity contribution is 5.61. The predicted octanol–water partition coefficient (Wildman–Crippen LogP) is 3.09. The number of hydrogen-bond acceptors (Lipinski definition) is 5. The van der Waals surface area contributed by atoms with E-state index in [1.54, 1.807) is 24.3 Å². The largest absolute Gasteiger partial charge is 0.491 e. The summed E-state index contributed by atoms with van der Waals surface area (Å²) < 4.78 is 5.27. The van der Waals surface area contributed by atoms with Crippen LogP contribution in [0.15, 0.2) is 54.6 Å². The predicted molar refractivity (Wildman–Crippen MR) is 89.6 cm³/mol. The van der Waals surface area contributed by atoms with Crippen LogP contribution in [0.2, 0.25) is 0 Å². The lowest BCUT2D eigenvalue weighted by Gasteiger charge is -2.06. The summed E-state index contributed by atoms with van der Waals surface area (Å²) in [6, 6.07) is 14.0. The topological polar surface area (TPSA) is 84.6 Å². The van der Waals surface area contributed by atoms with E-state index in [1.165, 1.54) is 6.07 Å². The first kappa shape index (κ1) is 16.5. The van der Waals surface area contributed by atoms with E-state index in [2.05, 4.69) is 5.32 Å². The number of rotatable bonds is 8. The Labute approximate surface area is 134 Å². The number of para-hydroxylation sites is 1. The van der Waals surface area contributed by atoms with Gasteiger partial charge in [-0.1, -0.05) is 24.3 Å². The molecule has 0 saturated carbocycles. The molecule has 0 saturated heterocycles. The average Bonchev–Trinajstić information content (AvgIpc) is 2.58. The Morgan fingerprint density at radius 3 is 2.61 bits per heavy atom. The molecule has 0 unspecified atom stereocenters. The molecule has 2 rings (SSSR count). The Balaban J connectivity index is 1.88. The number of hydrogen-bond donors (Lipinski definition) is 2. The molecule has 0 radical (unpaired) electrons. The van der Waals surface area contributed by atoms with Crippen LogP contribution in [0.3, 0.4) is 0 Å². The number of aliphatic hydroxyl groups excluding tert-OH is 1. The van der Waals surface area contributed by atoms with Crippen molar-refractivity contribution in [1.82, 2.24) is 0 Å². The number of nitro groups is 1. The highest BCUT2D eigenvalue weighted by Crippen LogP contribution is 2.19. The van der Waals surface area contributed by atoms with Gasteiger partial charge < -0.3 is 15.2 Å². The summed E-state index contributed by atoms with van der Waals surface area (Å²) in [5.41, 5.74) is 1.58. The second-order valence-corrected chi connectivity index (χ2v) is 4.70. The van der Waals surface area contributed by atoms with E-state index in [4.69, 9.17) is 9.84 Å². The second-order valence-electron chi connectivity index (χ2n) is 4.70. The molecular formula is C17H18N2O4. The van der Waals surface area contributed by atoms with Gasteiger partial charge in [-0.2, -0.15) is 0 Å². The second kappa shape index (κ2) is 8.55. The van der Waals surface area contributed by atoms with E-state index in [1.807, 2.05) is 30.3 Å². The van der Waals surface area contributed by atoms with Gasteiger partial charge in [0.15, 0.2) is 0 Å². The fourth-order valence-electron chi connectivity index (χ4n) is 1.99. The van der Waals surface area contributed by atoms with E-state index in [0.29, 0.717) is 17.9 Å². The summed E-state index contributed by atoms with van der Waals surface area (Å²) in [6.45, 7) is 0.796. The number of aliphatic hydroxyl groups is 1. The molecule has 120 valence electrons. The molecule has 0 aliphatic rings. The highest BCUT2D eigenvalue weighted by atomic mass is 16.6. The molecule has 6 heteroatoms. The van der Waals surface area contributed by atoms with Gasteiger partial charge >= 0.3 is 0 Å². The van der Waals surface area contributed by atoms with Crippen LogP contribution >= 0.6 is 0 Å². The van der Waals surface area contributed by atoms with Gasteiger partial charge in [0.2, 0.25) is 0 Å². The molecule has 0 bridgehead atoms. The molecule has 2 aromatic rings. The molecule has 0 spiro atoms. The van der Waals surface area contributed by atoms with Crippen molar-refractivity contribution in [2.75, 3.05) is 25.1 Å². The summed E-state index contributed by atoms with van der Waals surface area (Å²) in [7, 11) is 0. The molecule has 0 aromatic heterocycles. The van der Waals surface area contributed by atoms with Crippen LogP contribution in [0.1, 0.15) is 5.56 Å². The van der Waals surface area contributed by atoms with E-state index in [9.17, 15) is 10.1 Å². The third-order valence-corrected chi connectivity index (χ3v) is 3.07. The zero-order chi connectivity index (χ0) is 16.5. The smallest absolute Gasteiger partial charge is 0.276 e. The summed E-state index contributed by atoms with van der Waals surface area (Å²) in [6.07, 6.45) is 3.56. The molecule has 0 amide bonds. The standard InChI is InChI=1S/C17H18N2O4/c20-12-13-23-16-9-7-15(8-10-16)18-11-3-5-14-4-1-2-6-17(14)19(21)22/h1-10,18,20H,11-13H2/b5-3+. The molecule has 0 aliphatic heterocycles. The van der Waals surface area contributed by atoms with E-state index in [0.717, 1.165) is 5.69 Å². The van der Waals surface area contributed by atoms with Crippen LogP contribution in [0.4, 0.5) is 11.4 Å². The Morgan fingerprint density at radius 2 is 1.91 bits per heavy atom. The first-order chi connectivity index (χ1) is 11.2. The summed E-state index contributed by atoms with van der Waals surface area (Å²) >= 11 is 0. The minimum absolute atomic E-state index is 0.0174. The number of nitrogens with zero attached hydrogens (tertiary/aromatic N) is 1. The SMILES string of the molecule is O=[N+]([O-])c1ccccc1/C=C/CNc1ccc(OCCO)cc1. The van der Waals surface area contributed by atoms with E-state index in [-0.39, 0.29) is 18.9 Å². The van der Waals surface area contributed by atoms with Crippen LogP contribution < -0.4 is 10.1 Å². The lowest BCUT2D eigenvalue weighted by molar-refractivity contribution is -0.385. The first-order valence-electron chi connectivity index (χ1n) is 7.18. The van der Waals surface area contributed by atoms with Crippen molar-refractivity contribution in [2.24, 2.45) is 0 Å². The van der Waals surface area contributed by atoms with Crippen molar-refractivity contribution in [3.8, 4) is 5.75 Å². The van der Waals surface area contributed by atoms with Crippen LogP contribution in [0, 0.1) is 10.1 Å². The zero-order valence-electron chi connectivity index (χ0n) is 12.5. The quantitative estimate of drug-likeness (QED) is 0.578. The average molecular weight is 314 g/mol. The van der Waals surface area contributed by atoms with Crippen molar-refractivity contribution in [2.45, 2.75) is 0 Å². The third kappa shape index (κ3) is 5.12. The van der Waals surface area contributed by atoms with E-state index >= 15 is 0 Å². The minimum Gasteiger partial charge on any atom is -0.491 e. The van der Waals surface area contributed by atoms with E-state index < -0.39 is 4.92 Å². The molecule has 2 N–H and O–H groups in total. The maximum Gasteiger partial charge on any atom is 0.276 e. The molecule has 0 fully saturated rings. The van der Waals surface area contributed by atoms with Crippen molar-refractivity contribution in [1.29, 1.82) is 0 Å². The minimum atomic E-state index is -0.391. The van der Waals surface area contributed by atoms with Crippen LogP contribution in [-0.4, -0.2) is 29.8 Å². The molecule has 0 aliphatic carbocycles. The van der Waals surface area contributed by atoms with Crippen LogP contribution in [-0.2, 0) is 0 Å². The van der Waals surface area contributed by atoms with Crippen LogP contribution in [0.25, 0.3) is 6.08 Å². The first-order valence-corrected chi connectivity index (χ1v) is 7.18.